The second-order valence-electron chi connectivity index (χ2n) is 4.41. The summed E-state index contributed by atoms with van der Waals surface area (Å²) in [7, 11) is 0. The van der Waals surface area contributed by atoms with E-state index in [2.05, 4.69) is 0 Å². The van der Waals surface area contributed by atoms with Crippen LogP contribution in [0, 0.1) is 5.92 Å². The van der Waals surface area contributed by atoms with Crippen LogP contribution in [-0.2, 0) is 9.59 Å². The molecule has 0 spiro atoms. The Kier molecular flexibility index (Phi) is 7.75. The third-order valence-electron chi connectivity index (χ3n) is 1.47. The van der Waals surface area contributed by atoms with Gasteiger partial charge in [-0.25, -0.2) is 4.79 Å². The molecule has 0 amide bonds. The van der Waals surface area contributed by atoms with E-state index in [1.54, 1.807) is 13.8 Å². The van der Waals surface area contributed by atoms with Crippen LogP contribution in [0.5, 0.6) is 0 Å². The summed E-state index contributed by atoms with van der Waals surface area (Å²) in [4.78, 5) is 19.7. The molecule has 0 aromatic rings. The quantitative estimate of drug-likeness (QED) is 0.558. The highest BCUT2D eigenvalue weighted by Crippen LogP contribution is 2.05. The lowest BCUT2D eigenvalue weighted by atomic mass is 10.1. The average Bonchev–Trinajstić information content (AvgIpc) is 1.98. The summed E-state index contributed by atoms with van der Waals surface area (Å²) in [6.45, 7) is 6.22. The molecule has 4 N–H and O–H groups in total. The second-order valence-corrected chi connectivity index (χ2v) is 4.41. The van der Waals surface area contributed by atoms with Crippen molar-refractivity contribution in [3.8, 4) is 0 Å². The molecule has 0 heterocycles. The molecule has 6 heteroatoms. The highest BCUT2D eigenvalue weighted by Gasteiger charge is 2.16. The van der Waals surface area contributed by atoms with Gasteiger partial charge >= 0.3 is 11.9 Å². The van der Waals surface area contributed by atoms with Crippen molar-refractivity contribution in [2.24, 2.45) is 5.92 Å². The molecule has 0 saturated carbocycles. The lowest BCUT2D eigenvalue weighted by Crippen LogP contribution is -2.25. The summed E-state index contributed by atoms with van der Waals surface area (Å²) in [6.07, 6.45) is -1.41. The van der Waals surface area contributed by atoms with Gasteiger partial charge in [0.2, 0.25) is 0 Å². The highest BCUT2D eigenvalue weighted by atomic mass is 16.4. The van der Waals surface area contributed by atoms with Gasteiger partial charge in [-0.05, 0) is 19.8 Å². The molecule has 0 aromatic carbocycles. The Balaban J connectivity index is 0. The molecule has 0 aliphatic heterocycles. The Labute approximate surface area is 94.5 Å². The molecule has 0 aromatic heterocycles. The van der Waals surface area contributed by atoms with E-state index in [1.807, 2.05) is 0 Å². The van der Waals surface area contributed by atoms with E-state index < -0.39 is 23.6 Å². The van der Waals surface area contributed by atoms with Crippen LogP contribution < -0.4 is 0 Å². The molecule has 6 nitrogen and oxygen atoms in total. The van der Waals surface area contributed by atoms with Crippen molar-refractivity contribution in [2.75, 3.05) is 0 Å². The maximum Gasteiger partial charge on any atom is 0.332 e. The number of aliphatic carboxylic acids is 2. The van der Waals surface area contributed by atoms with Crippen molar-refractivity contribution in [1.82, 2.24) is 0 Å². The van der Waals surface area contributed by atoms with Gasteiger partial charge in [0.25, 0.3) is 0 Å². The van der Waals surface area contributed by atoms with Gasteiger partial charge in [-0.3, -0.25) is 4.79 Å². The predicted octanol–water partition coefficient (Wildman–Crippen LogP) is 0.320. The van der Waals surface area contributed by atoms with Gasteiger partial charge < -0.3 is 20.4 Å². The minimum atomic E-state index is -1.21. The number of aliphatic hydroxyl groups is 2. The van der Waals surface area contributed by atoms with Gasteiger partial charge in [-0.15, -0.1) is 0 Å². The summed E-state index contributed by atoms with van der Waals surface area (Å²) in [5, 5.41) is 33.6. The number of hydrogen-bond acceptors (Lipinski definition) is 4. The zero-order valence-corrected chi connectivity index (χ0v) is 9.97. The van der Waals surface area contributed by atoms with E-state index in [1.165, 1.54) is 13.8 Å². The first kappa shape index (κ1) is 17.3. The molecular weight excluding hydrogens is 216 g/mol. The smallest absolute Gasteiger partial charge is 0.332 e. The van der Waals surface area contributed by atoms with E-state index in [0.29, 0.717) is 0 Å². The molecular formula is C10H20O6. The van der Waals surface area contributed by atoms with Crippen LogP contribution in [0.1, 0.15) is 34.1 Å². The number of carboxylic acid groups (broad SMARTS) is 2. The Morgan fingerprint density at radius 3 is 1.56 bits per heavy atom. The van der Waals surface area contributed by atoms with Crippen molar-refractivity contribution in [3.63, 3.8) is 0 Å². The SMILES string of the molecule is CC(C)(O)CC(=O)O.CC(C)C(O)C(=O)O. The Bertz CT molecular complexity index is 228. The Morgan fingerprint density at radius 2 is 1.56 bits per heavy atom. The zero-order chi connectivity index (χ0) is 13.5. The molecule has 16 heavy (non-hydrogen) atoms. The topological polar surface area (TPSA) is 115 Å². The predicted molar refractivity (Wildman–Crippen MR) is 57.0 cm³/mol. The molecule has 0 fully saturated rings. The molecule has 0 bridgehead atoms. The maximum atomic E-state index is 9.89. The number of aliphatic hydroxyl groups excluding tert-OH is 1. The number of rotatable bonds is 4. The fourth-order valence-electron chi connectivity index (χ4n) is 0.655. The van der Waals surface area contributed by atoms with Gasteiger partial charge in [0, 0.05) is 0 Å². The van der Waals surface area contributed by atoms with Crippen molar-refractivity contribution in [2.45, 2.75) is 45.8 Å². The Hall–Kier alpha value is -1.14. The van der Waals surface area contributed by atoms with Crippen molar-refractivity contribution in [1.29, 1.82) is 0 Å². The van der Waals surface area contributed by atoms with Crippen LogP contribution >= 0.6 is 0 Å². The number of carbonyl (C=O) groups is 2. The molecule has 0 radical (unpaired) electrons. The molecule has 0 aliphatic rings. The largest absolute Gasteiger partial charge is 0.481 e. The van der Waals surface area contributed by atoms with Crippen LogP contribution in [0.15, 0.2) is 0 Å². The van der Waals surface area contributed by atoms with Crippen LogP contribution in [-0.4, -0.2) is 44.1 Å². The van der Waals surface area contributed by atoms with Crippen molar-refractivity contribution < 1.29 is 30.0 Å². The summed E-state index contributed by atoms with van der Waals surface area (Å²) in [5.41, 5.74) is -1.08. The first-order valence-electron chi connectivity index (χ1n) is 4.82. The maximum absolute atomic E-state index is 9.89. The van der Waals surface area contributed by atoms with E-state index in [0.717, 1.165) is 0 Å². The lowest BCUT2D eigenvalue weighted by Gasteiger charge is -2.12. The summed E-state index contributed by atoms with van der Waals surface area (Å²) in [6, 6.07) is 0. The van der Waals surface area contributed by atoms with Gasteiger partial charge in [-0.1, -0.05) is 13.8 Å². The first-order valence-corrected chi connectivity index (χ1v) is 4.82. The normalized spacial score (nSPS) is 12.7. The Morgan fingerprint density at radius 1 is 1.19 bits per heavy atom. The van der Waals surface area contributed by atoms with Crippen molar-refractivity contribution >= 4 is 11.9 Å². The summed E-state index contributed by atoms with van der Waals surface area (Å²) in [5.74, 6) is -2.33. The number of hydrogen-bond donors (Lipinski definition) is 4. The fraction of sp³-hybridized carbons (Fsp3) is 0.800. The first-order chi connectivity index (χ1) is 6.97. The van der Waals surface area contributed by atoms with Gasteiger partial charge in [0.1, 0.15) is 0 Å². The third-order valence-corrected chi connectivity index (χ3v) is 1.47. The minimum Gasteiger partial charge on any atom is -0.481 e. The molecule has 1 atom stereocenters. The van der Waals surface area contributed by atoms with Crippen molar-refractivity contribution in [3.05, 3.63) is 0 Å². The highest BCUT2D eigenvalue weighted by molar-refractivity contribution is 5.72. The lowest BCUT2D eigenvalue weighted by molar-refractivity contribution is -0.148. The monoisotopic (exact) mass is 236 g/mol. The third kappa shape index (κ3) is 12.9. The summed E-state index contributed by atoms with van der Waals surface area (Å²) >= 11 is 0. The second kappa shape index (κ2) is 7.19. The van der Waals surface area contributed by atoms with Gasteiger partial charge in [-0.2, -0.15) is 0 Å². The van der Waals surface area contributed by atoms with Crippen LogP contribution in [0.4, 0.5) is 0 Å². The van der Waals surface area contributed by atoms with E-state index in [4.69, 9.17) is 20.4 Å². The molecule has 1 unspecified atom stereocenters. The average molecular weight is 236 g/mol. The van der Waals surface area contributed by atoms with Gasteiger partial charge in [0.15, 0.2) is 6.10 Å². The van der Waals surface area contributed by atoms with Gasteiger partial charge in [0.05, 0.1) is 12.0 Å². The minimum absolute atomic E-state index is 0.201. The van der Waals surface area contributed by atoms with E-state index in [9.17, 15) is 9.59 Å². The van der Waals surface area contributed by atoms with E-state index >= 15 is 0 Å². The number of carboxylic acids is 2. The molecule has 0 aliphatic carbocycles. The molecule has 0 rings (SSSR count). The molecule has 96 valence electrons. The van der Waals surface area contributed by atoms with Crippen LogP contribution in [0.25, 0.3) is 0 Å². The van der Waals surface area contributed by atoms with Crippen LogP contribution in [0.3, 0.4) is 0 Å². The molecule has 0 saturated heterocycles. The zero-order valence-electron chi connectivity index (χ0n) is 9.97. The summed E-state index contributed by atoms with van der Waals surface area (Å²) < 4.78 is 0. The fourth-order valence-corrected chi connectivity index (χ4v) is 0.655. The van der Waals surface area contributed by atoms with Crippen LogP contribution in [0.2, 0.25) is 0 Å². The standard InChI is InChI=1S/2C5H10O3/c1-5(2,8)3-4(6)7;1-3(2)4(6)5(7)8/h8H,3H2,1-2H3,(H,6,7);3-4,6H,1-2H3,(H,7,8). The van der Waals surface area contributed by atoms with E-state index in [-0.39, 0.29) is 12.3 Å².